The quantitative estimate of drug-likeness (QED) is 0.670. The fraction of sp³-hybridized carbons (Fsp3) is 0.412. The summed E-state index contributed by atoms with van der Waals surface area (Å²) in [6.45, 7) is 5.37. The van der Waals surface area contributed by atoms with E-state index in [9.17, 15) is 4.79 Å². The molecule has 1 aromatic carbocycles. The molecular formula is C17H21ClN2O3S. The summed E-state index contributed by atoms with van der Waals surface area (Å²) in [4.78, 5) is 16.5. The number of unbranched alkanes of at least 4 members (excludes halogenated alkanes) is 1. The molecule has 0 fully saturated rings. The van der Waals surface area contributed by atoms with Crippen LogP contribution in [0.5, 0.6) is 11.5 Å². The summed E-state index contributed by atoms with van der Waals surface area (Å²) in [7, 11) is 0. The second kappa shape index (κ2) is 9.49. The highest BCUT2D eigenvalue weighted by Gasteiger charge is 2.16. The van der Waals surface area contributed by atoms with Crippen LogP contribution in [0, 0.1) is 0 Å². The SMILES string of the molecule is CCCCOc1c(Cl)cc(C(=O)NCc2nccs2)cc1OCC. The Labute approximate surface area is 151 Å². The third-order valence-corrected chi connectivity index (χ3v) is 4.26. The molecule has 1 N–H and O–H groups in total. The average molecular weight is 369 g/mol. The third kappa shape index (κ3) is 5.11. The molecular weight excluding hydrogens is 348 g/mol. The lowest BCUT2D eigenvalue weighted by atomic mass is 10.2. The second-order valence-corrected chi connectivity index (χ2v) is 6.42. The van der Waals surface area contributed by atoms with Crippen molar-refractivity contribution in [2.45, 2.75) is 33.2 Å². The first-order valence-corrected chi connectivity index (χ1v) is 9.17. The molecule has 1 heterocycles. The van der Waals surface area contributed by atoms with Gasteiger partial charge in [-0.2, -0.15) is 0 Å². The van der Waals surface area contributed by atoms with E-state index < -0.39 is 0 Å². The minimum Gasteiger partial charge on any atom is -0.490 e. The number of amides is 1. The molecule has 0 radical (unpaired) electrons. The summed E-state index contributed by atoms with van der Waals surface area (Å²) in [5, 5.41) is 5.91. The van der Waals surface area contributed by atoms with E-state index in [1.807, 2.05) is 12.3 Å². The Balaban J connectivity index is 2.13. The highest BCUT2D eigenvalue weighted by atomic mass is 35.5. The maximum Gasteiger partial charge on any atom is 0.251 e. The van der Waals surface area contributed by atoms with Crippen molar-refractivity contribution in [2.24, 2.45) is 0 Å². The topological polar surface area (TPSA) is 60.5 Å². The zero-order chi connectivity index (χ0) is 17.4. The molecule has 5 nitrogen and oxygen atoms in total. The molecule has 0 aliphatic heterocycles. The third-order valence-electron chi connectivity index (χ3n) is 3.20. The number of benzene rings is 1. The van der Waals surface area contributed by atoms with Crippen LogP contribution in [-0.2, 0) is 6.54 Å². The number of thiazole rings is 1. The molecule has 7 heteroatoms. The molecule has 0 unspecified atom stereocenters. The number of hydrogen-bond donors (Lipinski definition) is 1. The fourth-order valence-electron chi connectivity index (χ4n) is 2.02. The fourth-order valence-corrected chi connectivity index (χ4v) is 2.84. The Bertz CT molecular complexity index is 662. The molecule has 2 aromatic rings. The molecule has 1 aromatic heterocycles. The Kier molecular flexibility index (Phi) is 7.34. The van der Waals surface area contributed by atoms with E-state index in [0.29, 0.717) is 41.8 Å². The molecule has 130 valence electrons. The molecule has 0 bridgehead atoms. The first-order valence-electron chi connectivity index (χ1n) is 7.91. The van der Waals surface area contributed by atoms with Crippen molar-refractivity contribution in [3.63, 3.8) is 0 Å². The van der Waals surface area contributed by atoms with E-state index in [-0.39, 0.29) is 5.91 Å². The molecule has 0 aliphatic rings. The first kappa shape index (κ1) is 18.5. The summed E-state index contributed by atoms with van der Waals surface area (Å²) in [5.41, 5.74) is 0.433. The largest absolute Gasteiger partial charge is 0.490 e. The van der Waals surface area contributed by atoms with Crippen molar-refractivity contribution in [1.29, 1.82) is 0 Å². The zero-order valence-electron chi connectivity index (χ0n) is 13.8. The Morgan fingerprint density at radius 2 is 2.17 bits per heavy atom. The molecule has 1 amide bonds. The van der Waals surface area contributed by atoms with E-state index in [4.69, 9.17) is 21.1 Å². The number of halogens is 1. The smallest absolute Gasteiger partial charge is 0.251 e. The van der Waals surface area contributed by atoms with Crippen molar-refractivity contribution in [3.8, 4) is 11.5 Å². The Hall–Kier alpha value is -1.79. The maximum atomic E-state index is 12.3. The zero-order valence-corrected chi connectivity index (χ0v) is 15.4. The highest BCUT2D eigenvalue weighted by molar-refractivity contribution is 7.09. The van der Waals surface area contributed by atoms with Gasteiger partial charge < -0.3 is 14.8 Å². The summed E-state index contributed by atoms with van der Waals surface area (Å²) in [6.07, 6.45) is 3.66. The van der Waals surface area contributed by atoms with Gasteiger partial charge in [-0.05, 0) is 25.5 Å². The van der Waals surface area contributed by atoms with Gasteiger partial charge >= 0.3 is 0 Å². The monoisotopic (exact) mass is 368 g/mol. The van der Waals surface area contributed by atoms with Gasteiger partial charge in [-0.25, -0.2) is 4.98 Å². The van der Waals surface area contributed by atoms with Crippen molar-refractivity contribution < 1.29 is 14.3 Å². The molecule has 24 heavy (non-hydrogen) atoms. The van der Waals surface area contributed by atoms with Crippen molar-refractivity contribution in [3.05, 3.63) is 39.3 Å². The number of nitrogens with zero attached hydrogens (tertiary/aromatic N) is 1. The predicted octanol–water partition coefficient (Wildman–Crippen LogP) is 4.30. The number of ether oxygens (including phenoxy) is 2. The van der Waals surface area contributed by atoms with Gasteiger partial charge in [-0.15, -0.1) is 11.3 Å². The summed E-state index contributed by atoms with van der Waals surface area (Å²) in [5.74, 6) is 0.747. The van der Waals surface area contributed by atoms with Crippen LogP contribution in [0.4, 0.5) is 0 Å². The lowest BCUT2D eigenvalue weighted by Crippen LogP contribution is -2.22. The lowest BCUT2D eigenvalue weighted by Gasteiger charge is -2.15. The van der Waals surface area contributed by atoms with Gasteiger partial charge in [-0.1, -0.05) is 24.9 Å². The van der Waals surface area contributed by atoms with Crippen LogP contribution in [-0.4, -0.2) is 24.1 Å². The summed E-state index contributed by atoms with van der Waals surface area (Å²) in [6, 6.07) is 3.26. The molecule has 0 spiro atoms. The van der Waals surface area contributed by atoms with Crippen LogP contribution >= 0.6 is 22.9 Å². The number of rotatable bonds is 9. The van der Waals surface area contributed by atoms with Gasteiger partial charge in [0.25, 0.3) is 5.91 Å². The summed E-state index contributed by atoms with van der Waals surface area (Å²) >= 11 is 7.79. The number of carbonyl (C=O) groups is 1. The van der Waals surface area contributed by atoms with Crippen LogP contribution < -0.4 is 14.8 Å². The normalized spacial score (nSPS) is 10.5. The lowest BCUT2D eigenvalue weighted by molar-refractivity contribution is 0.0950. The van der Waals surface area contributed by atoms with Gasteiger partial charge in [0.1, 0.15) is 5.01 Å². The second-order valence-electron chi connectivity index (χ2n) is 5.03. The van der Waals surface area contributed by atoms with E-state index in [1.165, 1.54) is 11.3 Å². The van der Waals surface area contributed by atoms with Gasteiger partial charge in [0.05, 0.1) is 24.8 Å². The number of hydrogen-bond acceptors (Lipinski definition) is 5. The van der Waals surface area contributed by atoms with Crippen molar-refractivity contribution >= 4 is 28.8 Å². The van der Waals surface area contributed by atoms with Crippen LogP contribution in [0.15, 0.2) is 23.7 Å². The minimum absolute atomic E-state index is 0.229. The standard InChI is InChI=1S/C17H21ClN2O3S/c1-3-5-7-23-16-13(18)9-12(10-14(16)22-4-2)17(21)20-11-15-19-6-8-24-15/h6,8-10H,3-5,7,11H2,1-2H3,(H,20,21). The van der Waals surface area contributed by atoms with Gasteiger partial charge in [0.15, 0.2) is 11.5 Å². The van der Waals surface area contributed by atoms with Crippen LogP contribution in [0.25, 0.3) is 0 Å². The molecule has 0 saturated carbocycles. The van der Waals surface area contributed by atoms with E-state index >= 15 is 0 Å². The van der Waals surface area contributed by atoms with Crippen molar-refractivity contribution in [2.75, 3.05) is 13.2 Å². The average Bonchev–Trinajstić information content (AvgIpc) is 3.08. The van der Waals surface area contributed by atoms with Crippen molar-refractivity contribution in [1.82, 2.24) is 10.3 Å². The molecule has 0 saturated heterocycles. The number of nitrogens with one attached hydrogen (secondary N) is 1. The Morgan fingerprint density at radius 3 is 2.83 bits per heavy atom. The number of aromatic nitrogens is 1. The predicted molar refractivity (Wildman–Crippen MR) is 96.3 cm³/mol. The van der Waals surface area contributed by atoms with E-state index in [1.54, 1.807) is 18.3 Å². The van der Waals surface area contributed by atoms with Gasteiger partial charge in [-0.3, -0.25) is 4.79 Å². The van der Waals surface area contributed by atoms with E-state index in [2.05, 4.69) is 17.2 Å². The van der Waals surface area contributed by atoms with Crippen LogP contribution in [0.3, 0.4) is 0 Å². The Morgan fingerprint density at radius 1 is 1.33 bits per heavy atom. The van der Waals surface area contributed by atoms with Gasteiger partial charge in [0.2, 0.25) is 0 Å². The summed E-state index contributed by atoms with van der Waals surface area (Å²) < 4.78 is 11.3. The molecule has 2 rings (SSSR count). The maximum absolute atomic E-state index is 12.3. The van der Waals surface area contributed by atoms with Gasteiger partial charge in [0, 0.05) is 17.1 Å². The molecule has 0 aliphatic carbocycles. The number of carbonyl (C=O) groups excluding carboxylic acids is 1. The van der Waals surface area contributed by atoms with E-state index in [0.717, 1.165) is 17.8 Å². The highest BCUT2D eigenvalue weighted by Crippen LogP contribution is 2.36. The van der Waals surface area contributed by atoms with Crippen LogP contribution in [0.2, 0.25) is 5.02 Å². The minimum atomic E-state index is -0.229. The van der Waals surface area contributed by atoms with Crippen LogP contribution in [0.1, 0.15) is 42.1 Å². The molecule has 0 atom stereocenters. The first-order chi connectivity index (χ1) is 11.7.